The van der Waals surface area contributed by atoms with E-state index in [1.807, 2.05) is 48.6 Å². The SMILES string of the molecule is C=CC(=O)[O-].C=CC(=O)[O-].N#CC=CC=Cc1ccccc1.[Ca+2]. The summed E-state index contributed by atoms with van der Waals surface area (Å²) in [5.74, 6) is -2.46. The van der Waals surface area contributed by atoms with E-state index in [-0.39, 0.29) is 37.7 Å². The van der Waals surface area contributed by atoms with Crippen molar-refractivity contribution in [3.8, 4) is 6.07 Å². The largest absolute Gasteiger partial charge is 2.00 e. The fourth-order valence-corrected chi connectivity index (χ4v) is 0.829. The first kappa shape index (κ1) is 25.8. The number of rotatable bonds is 4. The quantitative estimate of drug-likeness (QED) is 0.339. The maximum absolute atomic E-state index is 9.14. The van der Waals surface area contributed by atoms with Gasteiger partial charge in [-0.15, -0.1) is 0 Å². The van der Waals surface area contributed by atoms with Crippen LogP contribution < -0.4 is 10.2 Å². The van der Waals surface area contributed by atoms with Gasteiger partial charge in [0, 0.05) is 6.08 Å². The van der Waals surface area contributed by atoms with Crippen LogP contribution >= 0.6 is 0 Å². The van der Waals surface area contributed by atoms with Crippen LogP contribution in [0.15, 0.2) is 73.9 Å². The molecule has 1 rings (SSSR count). The number of carboxylic acids is 2. The molecule has 0 saturated carbocycles. The van der Waals surface area contributed by atoms with Crippen LogP contribution in [0, 0.1) is 11.3 Å². The minimum absolute atomic E-state index is 0. The van der Waals surface area contributed by atoms with Crippen molar-refractivity contribution in [2.24, 2.45) is 0 Å². The van der Waals surface area contributed by atoms with Crippen LogP contribution in [0.5, 0.6) is 0 Å². The number of aliphatic carboxylic acids is 2. The normalized spacial score (nSPS) is 8.30. The molecule has 0 radical (unpaired) electrons. The van der Waals surface area contributed by atoms with Gasteiger partial charge in [-0.2, -0.15) is 5.26 Å². The summed E-state index contributed by atoms with van der Waals surface area (Å²) in [5, 5.41) is 26.5. The molecule has 0 heterocycles. The molecule has 0 aliphatic heterocycles. The van der Waals surface area contributed by atoms with Gasteiger partial charge in [0.25, 0.3) is 0 Å². The fourth-order valence-electron chi connectivity index (χ4n) is 0.829. The Balaban J connectivity index is -0.000000307. The second-order valence-electron chi connectivity index (χ2n) is 3.30. The van der Waals surface area contributed by atoms with E-state index in [2.05, 4.69) is 13.2 Å². The topological polar surface area (TPSA) is 104 Å². The number of nitriles is 1. The monoisotopic (exact) mass is 337 g/mol. The van der Waals surface area contributed by atoms with Crippen molar-refractivity contribution < 1.29 is 19.8 Å². The maximum Gasteiger partial charge on any atom is 2.00 e. The average Bonchev–Trinajstić information content (AvgIpc) is 2.53. The van der Waals surface area contributed by atoms with Crippen LogP contribution in [0.2, 0.25) is 0 Å². The Bertz CT molecular complexity index is 554. The molecule has 0 saturated heterocycles. The van der Waals surface area contributed by atoms with E-state index in [4.69, 9.17) is 25.1 Å². The van der Waals surface area contributed by atoms with E-state index in [1.165, 1.54) is 6.08 Å². The molecule has 5 nitrogen and oxygen atoms in total. The van der Waals surface area contributed by atoms with Crippen LogP contribution in [-0.4, -0.2) is 49.7 Å². The van der Waals surface area contributed by atoms with E-state index >= 15 is 0 Å². The second kappa shape index (κ2) is 19.9. The van der Waals surface area contributed by atoms with E-state index in [0.29, 0.717) is 0 Å². The molecule has 0 fully saturated rings. The molecule has 0 spiro atoms. The first-order chi connectivity index (χ1) is 10.5. The summed E-state index contributed by atoms with van der Waals surface area (Å²) < 4.78 is 0. The smallest absolute Gasteiger partial charge is 0.545 e. The van der Waals surface area contributed by atoms with Gasteiger partial charge in [0.05, 0.1) is 18.0 Å². The summed E-state index contributed by atoms with van der Waals surface area (Å²) in [6, 6.07) is 11.9. The molecular weight excluding hydrogens is 322 g/mol. The second-order valence-corrected chi connectivity index (χ2v) is 3.30. The summed E-state index contributed by atoms with van der Waals surface area (Å²) in [5.41, 5.74) is 1.14. The molecule has 1 aromatic carbocycles. The van der Waals surface area contributed by atoms with Crippen molar-refractivity contribution in [2.75, 3.05) is 0 Å². The maximum atomic E-state index is 9.14. The average molecular weight is 337 g/mol. The van der Waals surface area contributed by atoms with Gasteiger partial charge in [-0.05, 0) is 17.7 Å². The van der Waals surface area contributed by atoms with Crippen molar-refractivity contribution in [1.29, 1.82) is 5.26 Å². The number of hydrogen-bond donors (Lipinski definition) is 0. The zero-order valence-electron chi connectivity index (χ0n) is 12.6. The Hall–Kier alpha value is -2.13. The molecule has 0 unspecified atom stereocenters. The van der Waals surface area contributed by atoms with E-state index in [9.17, 15) is 0 Å². The van der Waals surface area contributed by atoms with Gasteiger partial charge in [0.15, 0.2) is 0 Å². The van der Waals surface area contributed by atoms with Crippen molar-refractivity contribution in [3.05, 3.63) is 79.4 Å². The van der Waals surface area contributed by atoms with Crippen LogP contribution in [0.4, 0.5) is 0 Å². The molecule has 0 N–H and O–H groups in total. The van der Waals surface area contributed by atoms with Crippen LogP contribution in [0.1, 0.15) is 5.56 Å². The molecular formula is C17H15CaNO4. The molecule has 0 aliphatic rings. The van der Waals surface area contributed by atoms with Gasteiger partial charge in [-0.1, -0.05) is 61.7 Å². The Labute approximate surface area is 165 Å². The Morgan fingerprint density at radius 3 is 1.78 bits per heavy atom. The number of carboxylic acid groups (broad SMARTS) is 2. The van der Waals surface area contributed by atoms with Crippen LogP contribution in [0.3, 0.4) is 0 Å². The van der Waals surface area contributed by atoms with E-state index in [1.54, 1.807) is 6.08 Å². The summed E-state index contributed by atoms with van der Waals surface area (Å²) in [4.78, 5) is 18.3. The van der Waals surface area contributed by atoms with Crippen molar-refractivity contribution in [1.82, 2.24) is 0 Å². The summed E-state index contributed by atoms with van der Waals surface area (Å²) >= 11 is 0. The number of allylic oxidation sites excluding steroid dienone is 3. The van der Waals surface area contributed by atoms with Crippen molar-refractivity contribution >= 4 is 55.8 Å². The van der Waals surface area contributed by atoms with Gasteiger partial charge in [0.2, 0.25) is 0 Å². The molecule has 6 heteroatoms. The van der Waals surface area contributed by atoms with Crippen LogP contribution in [-0.2, 0) is 9.59 Å². The first-order valence-electron chi connectivity index (χ1n) is 5.92. The zero-order chi connectivity index (χ0) is 17.2. The summed E-state index contributed by atoms with van der Waals surface area (Å²) in [6.45, 7) is 5.80. The molecule has 0 aromatic heterocycles. The minimum Gasteiger partial charge on any atom is -0.545 e. The predicted octanol–water partition coefficient (Wildman–Crippen LogP) is 0.243. The summed E-state index contributed by atoms with van der Waals surface area (Å²) in [6.07, 6.45) is 8.40. The minimum atomic E-state index is -1.23. The zero-order valence-corrected chi connectivity index (χ0v) is 14.8. The van der Waals surface area contributed by atoms with Crippen molar-refractivity contribution in [3.63, 3.8) is 0 Å². The Morgan fingerprint density at radius 1 is 1.00 bits per heavy atom. The third-order valence-corrected chi connectivity index (χ3v) is 1.70. The van der Waals surface area contributed by atoms with Crippen LogP contribution in [0.25, 0.3) is 6.08 Å². The van der Waals surface area contributed by atoms with Gasteiger partial charge >= 0.3 is 37.7 Å². The number of carbonyl (C=O) groups is 2. The number of hydrogen-bond acceptors (Lipinski definition) is 5. The van der Waals surface area contributed by atoms with Gasteiger partial charge in [-0.25, -0.2) is 0 Å². The van der Waals surface area contributed by atoms with Crippen molar-refractivity contribution in [2.45, 2.75) is 0 Å². The molecule has 1 aromatic rings. The molecule has 0 amide bonds. The third-order valence-electron chi connectivity index (χ3n) is 1.70. The Morgan fingerprint density at radius 2 is 1.43 bits per heavy atom. The molecule has 0 atom stereocenters. The predicted molar refractivity (Wildman–Crippen MR) is 86.4 cm³/mol. The standard InChI is InChI=1S/C11H9N.2C3H4O2.Ca/c12-10-6-2-5-9-11-7-3-1-4-8-11;2*1-2-3(4)5;/h1-9H;2*2H,1H2,(H,4,5);/q;;;+2/p-2. The number of benzene rings is 1. The Kier molecular flexibility index (Phi) is 22.3. The fraction of sp³-hybridized carbons (Fsp3) is 0. The van der Waals surface area contributed by atoms with E-state index < -0.39 is 11.9 Å². The number of nitrogens with zero attached hydrogens (tertiary/aromatic N) is 1. The van der Waals surface area contributed by atoms with Gasteiger partial charge in [-0.3, -0.25) is 0 Å². The molecule has 0 aliphatic carbocycles. The van der Waals surface area contributed by atoms with Gasteiger partial charge in [0.1, 0.15) is 0 Å². The van der Waals surface area contributed by atoms with E-state index in [0.717, 1.165) is 17.7 Å². The number of carbonyl (C=O) groups excluding carboxylic acids is 2. The first-order valence-corrected chi connectivity index (χ1v) is 5.92. The molecule has 0 bridgehead atoms. The molecule has 114 valence electrons. The van der Waals surface area contributed by atoms with Gasteiger partial charge < -0.3 is 19.8 Å². The summed E-state index contributed by atoms with van der Waals surface area (Å²) in [7, 11) is 0. The molecule has 23 heavy (non-hydrogen) atoms. The third kappa shape index (κ3) is 25.2.